The zero-order chi connectivity index (χ0) is 8.97. The Balaban J connectivity index is 2.69. The van der Waals surface area contributed by atoms with Crippen LogP contribution in [0.2, 0.25) is 0 Å². The third-order valence-corrected chi connectivity index (χ3v) is 3.42. The van der Waals surface area contributed by atoms with Gasteiger partial charge in [0, 0.05) is 22.5 Å². The van der Waals surface area contributed by atoms with E-state index in [1.54, 1.807) is 18.0 Å². The van der Waals surface area contributed by atoms with Gasteiger partial charge in [-0.1, -0.05) is 6.92 Å². The Morgan fingerprint density at radius 2 is 2.50 bits per heavy atom. The predicted octanol–water partition coefficient (Wildman–Crippen LogP) is 2.28. The summed E-state index contributed by atoms with van der Waals surface area (Å²) in [5.41, 5.74) is 5.51. The van der Waals surface area contributed by atoms with Crippen LogP contribution >= 0.6 is 27.7 Å². The molecule has 2 nitrogen and oxygen atoms in total. The first-order valence-electron chi connectivity index (χ1n) is 3.71. The van der Waals surface area contributed by atoms with Gasteiger partial charge in [-0.05, 0) is 28.1 Å². The van der Waals surface area contributed by atoms with Crippen molar-refractivity contribution in [2.24, 2.45) is 5.73 Å². The number of thioether (sulfide) groups is 1. The van der Waals surface area contributed by atoms with Crippen LogP contribution in [-0.2, 0) is 0 Å². The molecule has 1 atom stereocenters. The summed E-state index contributed by atoms with van der Waals surface area (Å²) in [5, 5.41) is 1.42. The highest BCUT2D eigenvalue weighted by molar-refractivity contribution is 9.10. The van der Waals surface area contributed by atoms with Crippen molar-refractivity contribution in [3.63, 3.8) is 0 Å². The molecule has 0 amide bonds. The fourth-order valence-electron chi connectivity index (χ4n) is 0.697. The highest BCUT2D eigenvalue weighted by Gasteiger charge is 2.05. The average molecular weight is 247 g/mol. The number of halogens is 1. The maximum absolute atomic E-state index is 5.51. The molecule has 1 rings (SSSR count). The van der Waals surface area contributed by atoms with E-state index >= 15 is 0 Å². The van der Waals surface area contributed by atoms with Gasteiger partial charge in [0.1, 0.15) is 5.03 Å². The minimum atomic E-state index is 0.413. The van der Waals surface area contributed by atoms with E-state index in [-0.39, 0.29) is 0 Å². The van der Waals surface area contributed by atoms with E-state index in [0.717, 1.165) is 9.50 Å². The Bertz CT molecular complexity index is 255. The molecule has 1 aromatic rings. The van der Waals surface area contributed by atoms with Crippen LogP contribution in [0.25, 0.3) is 0 Å². The molecule has 12 heavy (non-hydrogen) atoms. The minimum Gasteiger partial charge on any atom is -0.329 e. The summed E-state index contributed by atoms with van der Waals surface area (Å²) >= 11 is 5.12. The van der Waals surface area contributed by atoms with E-state index in [1.807, 2.05) is 12.1 Å². The molecule has 0 fully saturated rings. The van der Waals surface area contributed by atoms with Crippen molar-refractivity contribution in [2.45, 2.75) is 17.2 Å². The second-order valence-corrected chi connectivity index (χ2v) is 4.74. The summed E-state index contributed by atoms with van der Waals surface area (Å²) in [6.07, 6.45) is 1.79. The third-order valence-electron chi connectivity index (χ3n) is 1.37. The van der Waals surface area contributed by atoms with Gasteiger partial charge in [-0.3, -0.25) is 0 Å². The monoisotopic (exact) mass is 246 g/mol. The summed E-state index contributed by atoms with van der Waals surface area (Å²) in [6.45, 7) is 2.76. The molecule has 0 aliphatic carbocycles. The normalized spacial score (nSPS) is 12.9. The molecule has 1 heterocycles. The van der Waals surface area contributed by atoms with E-state index in [9.17, 15) is 0 Å². The fraction of sp³-hybridized carbons (Fsp3) is 0.375. The minimum absolute atomic E-state index is 0.413. The molecule has 0 spiro atoms. The number of nitrogens with zero attached hydrogens (tertiary/aromatic N) is 1. The van der Waals surface area contributed by atoms with Crippen LogP contribution in [0.4, 0.5) is 0 Å². The molecule has 0 bridgehead atoms. The molecule has 0 aromatic carbocycles. The average Bonchev–Trinajstić information content (AvgIpc) is 2.09. The number of aromatic nitrogens is 1. The van der Waals surface area contributed by atoms with E-state index < -0.39 is 0 Å². The van der Waals surface area contributed by atoms with Gasteiger partial charge in [-0.25, -0.2) is 4.98 Å². The third kappa shape index (κ3) is 2.77. The first kappa shape index (κ1) is 10.0. The predicted molar refractivity (Wildman–Crippen MR) is 56.3 cm³/mol. The molecule has 1 aromatic heterocycles. The van der Waals surface area contributed by atoms with Gasteiger partial charge in [0.25, 0.3) is 0 Å². The summed E-state index contributed by atoms with van der Waals surface area (Å²) in [6, 6.07) is 3.89. The Labute approximate surface area is 85.1 Å². The van der Waals surface area contributed by atoms with E-state index in [1.165, 1.54) is 0 Å². The summed E-state index contributed by atoms with van der Waals surface area (Å²) in [5.74, 6) is 0. The molecule has 0 radical (unpaired) electrons. The van der Waals surface area contributed by atoms with E-state index in [0.29, 0.717) is 11.8 Å². The smallest absolute Gasteiger partial charge is 0.110 e. The van der Waals surface area contributed by atoms with Crippen molar-refractivity contribution in [2.75, 3.05) is 6.54 Å². The van der Waals surface area contributed by atoms with Crippen molar-refractivity contribution < 1.29 is 0 Å². The molecule has 0 aliphatic heterocycles. The molecule has 4 heteroatoms. The Kier molecular flexibility index (Phi) is 4.05. The molecule has 66 valence electrons. The Hall–Kier alpha value is -0.0600. The second kappa shape index (κ2) is 4.84. The molecular weight excluding hydrogens is 236 g/mol. The lowest BCUT2D eigenvalue weighted by Gasteiger charge is -2.07. The SMILES string of the molecule is CC(CN)Sc1ncccc1Br. The van der Waals surface area contributed by atoms with Gasteiger partial charge in [0.2, 0.25) is 0 Å². The van der Waals surface area contributed by atoms with Crippen LogP contribution in [-0.4, -0.2) is 16.8 Å². The van der Waals surface area contributed by atoms with Gasteiger partial charge in [-0.2, -0.15) is 0 Å². The van der Waals surface area contributed by atoms with Crippen molar-refractivity contribution in [1.82, 2.24) is 4.98 Å². The lowest BCUT2D eigenvalue weighted by molar-refractivity contribution is 0.943. The van der Waals surface area contributed by atoms with Gasteiger partial charge in [-0.15, -0.1) is 11.8 Å². The van der Waals surface area contributed by atoms with Gasteiger partial charge < -0.3 is 5.73 Å². The lowest BCUT2D eigenvalue weighted by Crippen LogP contribution is -2.12. The van der Waals surface area contributed by atoms with Crippen molar-refractivity contribution in [1.29, 1.82) is 0 Å². The van der Waals surface area contributed by atoms with Crippen molar-refractivity contribution in [3.05, 3.63) is 22.8 Å². The molecule has 2 N–H and O–H groups in total. The molecule has 0 saturated carbocycles. The summed E-state index contributed by atoms with van der Waals surface area (Å²) < 4.78 is 1.04. The molecule has 0 aliphatic rings. The zero-order valence-corrected chi connectivity index (χ0v) is 9.23. The number of hydrogen-bond donors (Lipinski definition) is 1. The van der Waals surface area contributed by atoms with Gasteiger partial charge in [0.15, 0.2) is 0 Å². The largest absolute Gasteiger partial charge is 0.329 e. The Morgan fingerprint density at radius 3 is 3.08 bits per heavy atom. The molecule has 0 saturated heterocycles. The topological polar surface area (TPSA) is 38.9 Å². The van der Waals surface area contributed by atoms with Crippen LogP contribution in [0, 0.1) is 0 Å². The number of pyridine rings is 1. The summed E-state index contributed by atoms with van der Waals surface area (Å²) in [4.78, 5) is 4.23. The highest BCUT2D eigenvalue weighted by Crippen LogP contribution is 2.27. The fourth-order valence-corrected chi connectivity index (χ4v) is 2.01. The summed E-state index contributed by atoms with van der Waals surface area (Å²) in [7, 11) is 0. The molecular formula is C8H11BrN2S. The van der Waals surface area contributed by atoms with Crippen LogP contribution in [0.15, 0.2) is 27.8 Å². The molecule has 1 unspecified atom stereocenters. The maximum atomic E-state index is 5.51. The number of rotatable bonds is 3. The van der Waals surface area contributed by atoms with Crippen molar-refractivity contribution >= 4 is 27.7 Å². The van der Waals surface area contributed by atoms with Crippen LogP contribution in [0.1, 0.15) is 6.92 Å². The Morgan fingerprint density at radius 1 is 1.75 bits per heavy atom. The van der Waals surface area contributed by atoms with Gasteiger partial charge in [0.05, 0.1) is 0 Å². The number of nitrogens with two attached hydrogens (primary N) is 1. The first-order valence-corrected chi connectivity index (χ1v) is 5.38. The van der Waals surface area contributed by atoms with Crippen LogP contribution in [0.3, 0.4) is 0 Å². The van der Waals surface area contributed by atoms with Gasteiger partial charge >= 0.3 is 0 Å². The van der Waals surface area contributed by atoms with Crippen LogP contribution < -0.4 is 5.73 Å². The standard InChI is InChI=1S/C8H11BrN2S/c1-6(5-10)12-8-7(9)3-2-4-11-8/h2-4,6H,5,10H2,1H3. The van der Waals surface area contributed by atoms with Crippen LogP contribution in [0.5, 0.6) is 0 Å². The highest BCUT2D eigenvalue weighted by atomic mass is 79.9. The second-order valence-electron chi connectivity index (χ2n) is 2.45. The van der Waals surface area contributed by atoms with E-state index in [2.05, 4.69) is 27.8 Å². The quantitative estimate of drug-likeness (QED) is 0.833. The zero-order valence-electron chi connectivity index (χ0n) is 6.83. The maximum Gasteiger partial charge on any atom is 0.110 e. The van der Waals surface area contributed by atoms with Crippen molar-refractivity contribution in [3.8, 4) is 0 Å². The first-order chi connectivity index (χ1) is 5.74. The number of hydrogen-bond acceptors (Lipinski definition) is 3. The lowest BCUT2D eigenvalue weighted by atomic mass is 10.5. The van der Waals surface area contributed by atoms with E-state index in [4.69, 9.17) is 5.73 Å².